The molecule has 0 saturated carbocycles. The fourth-order valence-corrected chi connectivity index (χ4v) is 8.43. The number of hydrogen-bond donors (Lipinski definition) is 2. The summed E-state index contributed by atoms with van der Waals surface area (Å²) in [4.78, 5) is 25.8. The van der Waals surface area contributed by atoms with Crippen molar-refractivity contribution >= 4 is 37.1 Å². The zero-order valence-electron chi connectivity index (χ0n) is 15.9. The van der Waals surface area contributed by atoms with Gasteiger partial charge in [-0.05, 0) is 31.2 Å². The molecule has 1 amide bonds. The first kappa shape index (κ1) is 20.5. The summed E-state index contributed by atoms with van der Waals surface area (Å²) in [7, 11) is -6.49. The van der Waals surface area contributed by atoms with Crippen LogP contribution in [0.5, 0.6) is 0 Å². The average Bonchev–Trinajstić information content (AvgIpc) is 3.08. The van der Waals surface area contributed by atoms with Crippen LogP contribution in [0.25, 0.3) is 0 Å². The number of fused-ring (bicyclic) bond motifs is 2. The maximum absolute atomic E-state index is 12.7. The van der Waals surface area contributed by atoms with Gasteiger partial charge < -0.3 is 10.6 Å². The van der Waals surface area contributed by atoms with Crippen molar-refractivity contribution in [2.45, 2.75) is 31.1 Å². The highest BCUT2D eigenvalue weighted by Crippen LogP contribution is 2.31. The van der Waals surface area contributed by atoms with Crippen molar-refractivity contribution in [3.05, 3.63) is 29.8 Å². The molecule has 0 spiro atoms. The number of carbonyl (C=O) groups excluding carboxylic acids is 2. The van der Waals surface area contributed by atoms with E-state index in [1.807, 2.05) is 0 Å². The summed E-state index contributed by atoms with van der Waals surface area (Å²) in [5.74, 6) is -0.709. The van der Waals surface area contributed by atoms with Crippen molar-refractivity contribution in [3.63, 3.8) is 0 Å². The molecule has 1 aromatic carbocycles. The molecule has 3 saturated heterocycles. The Morgan fingerprint density at radius 2 is 1.48 bits per heavy atom. The van der Waals surface area contributed by atoms with E-state index in [9.17, 15) is 26.4 Å². The lowest BCUT2D eigenvalue weighted by molar-refractivity contribution is -0.119. The number of Topliss-reactive ketones (excluding diaryl/α,β-unsaturated/α-hetero) is 1. The number of hydrogen-bond acceptors (Lipinski definition) is 8. The highest BCUT2D eigenvalue weighted by Gasteiger charge is 2.54. The van der Waals surface area contributed by atoms with Crippen molar-refractivity contribution in [3.8, 4) is 0 Å². The van der Waals surface area contributed by atoms with E-state index in [0.29, 0.717) is 11.3 Å². The summed E-state index contributed by atoms with van der Waals surface area (Å²) >= 11 is 0. The van der Waals surface area contributed by atoms with Gasteiger partial charge in [-0.1, -0.05) is 0 Å². The van der Waals surface area contributed by atoms with Gasteiger partial charge in [-0.15, -0.1) is 0 Å². The van der Waals surface area contributed by atoms with E-state index in [2.05, 4.69) is 10.6 Å². The third kappa shape index (κ3) is 4.23. The van der Waals surface area contributed by atoms with Crippen molar-refractivity contribution in [2.75, 3.05) is 34.9 Å². The molecule has 0 aliphatic carbocycles. The topological polar surface area (TPSA) is 130 Å². The van der Waals surface area contributed by atoms with Crippen molar-refractivity contribution in [1.29, 1.82) is 0 Å². The third-order valence-electron chi connectivity index (χ3n) is 5.83. The second kappa shape index (κ2) is 7.15. The van der Waals surface area contributed by atoms with Crippen LogP contribution < -0.4 is 10.6 Å². The molecule has 0 aromatic heterocycles. The van der Waals surface area contributed by atoms with Gasteiger partial charge in [0.1, 0.15) is 0 Å². The Morgan fingerprint density at radius 3 is 1.97 bits per heavy atom. The molecule has 2 N–H and O–H groups in total. The zero-order chi connectivity index (χ0) is 21.0. The Hall–Kier alpha value is -1.82. The van der Waals surface area contributed by atoms with Crippen LogP contribution in [0.2, 0.25) is 0 Å². The molecule has 3 fully saturated rings. The van der Waals surface area contributed by atoms with Crippen LogP contribution >= 0.6 is 0 Å². The predicted molar refractivity (Wildman–Crippen MR) is 107 cm³/mol. The highest BCUT2D eigenvalue weighted by molar-refractivity contribution is 7.92. The number of ketones is 1. The maximum atomic E-state index is 12.7. The SMILES string of the molecule is CC(=O)c1ccc(NC(=O)CN2C3CS(=O)(=O)CC3NC3CS(=O)(=O)CC32)cc1. The van der Waals surface area contributed by atoms with E-state index in [-0.39, 0.29) is 53.3 Å². The van der Waals surface area contributed by atoms with Gasteiger partial charge in [-0.2, -0.15) is 0 Å². The van der Waals surface area contributed by atoms with Crippen LogP contribution in [-0.2, 0) is 24.5 Å². The number of rotatable bonds is 4. The highest BCUT2D eigenvalue weighted by atomic mass is 32.2. The summed E-state index contributed by atoms with van der Waals surface area (Å²) in [6.07, 6.45) is 0. The number of anilines is 1. The van der Waals surface area contributed by atoms with Crippen LogP contribution in [0, 0.1) is 0 Å². The summed E-state index contributed by atoms with van der Waals surface area (Å²) in [6, 6.07) is 4.86. The fourth-order valence-electron chi connectivity index (χ4n) is 4.54. The largest absolute Gasteiger partial charge is 0.325 e. The third-order valence-corrected chi connectivity index (χ3v) is 9.26. The summed E-state index contributed by atoms with van der Waals surface area (Å²) in [5, 5.41) is 5.94. The summed E-state index contributed by atoms with van der Waals surface area (Å²) in [6.45, 7) is 1.36. The minimum absolute atomic E-state index is 0.0500. The van der Waals surface area contributed by atoms with Gasteiger partial charge in [0, 0.05) is 35.4 Å². The van der Waals surface area contributed by atoms with E-state index in [1.54, 1.807) is 29.2 Å². The molecule has 3 aliphatic rings. The molecule has 3 heterocycles. The quantitative estimate of drug-likeness (QED) is 0.573. The van der Waals surface area contributed by atoms with E-state index in [1.165, 1.54) is 6.92 Å². The summed E-state index contributed by atoms with van der Waals surface area (Å²) < 4.78 is 48.6. The molecule has 11 heteroatoms. The molecule has 4 rings (SSSR count). The van der Waals surface area contributed by atoms with Gasteiger partial charge in [0.2, 0.25) is 5.91 Å². The minimum atomic E-state index is -3.25. The first-order valence-electron chi connectivity index (χ1n) is 9.36. The predicted octanol–water partition coefficient (Wildman–Crippen LogP) is -0.936. The number of amides is 1. The zero-order valence-corrected chi connectivity index (χ0v) is 17.5. The molecule has 3 aliphatic heterocycles. The Bertz CT molecular complexity index is 1000. The molecule has 4 unspecified atom stereocenters. The van der Waals surface area contributed by atoms with Gasteiger partial charge in [-0.3, -0.25) is 14.5 Å². The molecule has 4 atom stereocenters. The number of piperazine rings is 1. The number of benzene rings is 1. The first-order valence-corrected chi connectivity index (χ1v) is 13.0. The van der Waals surface area contributed by atoms with Gasteiger partial charge in [-0.25, -0.2) is 16.8 Å². The van der Waals surface area contributed by atoms with Crippen molar-refractivity contribution < 1.29 is 26.4 Å². The lowest BCUT2D eigenvalue weighted by atomic mass is 9.97. The van der Waals surface area contributed by atoms with E-state index in [0.717, 1.165) is 0 Å². The monoisotopic (exact) mass is 441 g/mol. The Labute approximate surface area is 169 Å². The van der Waals surface area contributed by atoms with Gasteiger partial charge >= 0.3 is 0 Å². The molecule has 9 nitrogen and oxygen atoms in total. The van der Waals surface area contributed by atoms with Crippen LogP contribution in [-0.4, -0.2) is 87.1 Å². The molecule has 0 radical (unpaired) electrons. The second-order valence-electron chi connectivity index (χ2n) is 8.02. The van der Waals surface area contributed by atoms with Crippen LogP contribution in [0.1, 0.15) is 17.3 Å². The second-order valence-corrected chi connectivity index (χ2v) is 12.3. The molecule has 0 bridgehead atoms. The van der Waals surface area contributed by atoms with Gasteiger partial charge in [0.15, 0.2) is 25.5 Å². The lowest BCUT2D eigenvalue weighted by Gasteiger charge is -2.44. The molecular weight excluding hydrogens is 418 g/mol. The van der Waals surface area contributed by atoms with Gasteiger partial charge in [0.05, 0.1) is 29.6 Å². The van der Waals surface area contributed by atoms with Crippen molar-refractivity contribution in [1.82, 2.24) is 10.2 Å². The minimum Gasteiger partial charge on any atom is -0.325 e. The fraction of sp³-hybridized carbons (Fsp3) is 0.556. The van der Waals surface area contributed by atoms with E-state index >= 15 is 0 Å². The molecule has 1 aromatic rings. The Balaban J connectivity index is 1.52. The normalized spacial score (nSPS) is 32.3. The van der Waals surface area contributed by atoms with Crippen LogP contribution in [0.4, 0.5) is 5.69 Å². The Kier molecular flexibility index (Phi) is 5.04. The standard InChI is InChI=1S/C18H23N3O6S2/c1-11(22)12-2-4-13(5-3-12)19-18(23)6-21-16-9-28(24,25)7-14(16)20-15-8-29(26,27)10-17(15)21/h2-5,14-17,20H,6-10H2,1H3,(H,19,23). The maximum Gasteiger partial charge on any atom is 0.238 e. The van der Waals surface area contributed by atoms with E-state index < -0.39 is 31.8 Å². The van der Waals surface area contributed by atoms with E-state index in [4.69, 9.17) is 0 Å². The van der Waals surface area contributed by atoms with Crippen LogP contribution in [0.3, 0.4) is 0 Å². The Morgan fingerprint density at radius 1 is 0.966 bits per heavy atom. The number of nitrogens with zero attached hydrogens (tertiary/aromatic N) is 1. The molecule has 158 valence electrons. The van der Waals surface area contributed by atoms with Crippen molar-refractivity contribution in [2.24, 2.45) is 0 Å². The van der Waals surface area contributed by atoms with Crippen LogP contribution in [0.15, 0.2) is 24.3 Å². The number of carbonyl (C=O) groups is 2. The molecule has 29 heavy (non-hydrogen) atoms. The number of sulfone groups is 2. The number of nitrogens with one attached hydrogen (secondary N) is 2. The average molecular weight is 442 g/mol. The first-order chi connectivity index (χ1) is 13.5. The smallest absolute Gasteiger partial charge is 0.238 e. The lowest BCUT2D eigenvalue weighted by Crippen LogP contribution is -2.67. The molecular formula is C18H23N3O6S2. The van der Waals surface area contributed by atoms with Gasteiger partial charge in [0.25, 0.3) is 0 Å². The summed E-state index contributed by atoms with van der Waals surface area (Å²) in [5.41, 5.74) is 1.05.